The van der Waals surface area contributed by atoms with Crippen molar-refractivity contribution in [2.24, 2.45) is 0 Å². The van der Waals surface area contributed by atoms with Gasteiger partial charge in [-0.1, -0.05) is 54.6 Å². The number of hydrogen-bond donors (Lipinski definition) is 2. The van der Waals surface area contributed by atoms with E-state index in [1.54, 1.807) is 0 Å². The molecule has 0 unspecified atom stereocenters. The first kappa shape index (κ1) is 14.7. The molecule has 5 rings (SSSR count). The monoisotopic (exact) mass is 322 g/mol. The highest BCUT2D eigenvalue weighted by atomic mass is 35.5. The van der Waals surface area contributed by atoms with E-state index in [-0.39, 0.29) is 12.4 Å². The average molecular weight is 323 g/mol. The Morgan fingerprint density at radius 3 is 2.17 bits per heavy atom. The van der Waals surface area contributed by atoms with Crippen molar-refractivity contribution >= 4 is 44.7 Å². The highest BCUT2D eigenvalue weighted by molar-refractivity contribution is 6.23. The Balaban J connectivity index is 0.00000135. The van der Waals surface area contributed by atoms with E-state index >= 15 is 0 Å². The number of piperazine rings is 1. The summed E-state index contributed by atoms with van der Waals surface area (Å²) in [6.07, 6.45) is 0. The van der Waals surface area contributed by atoms with Crippen LogP contribution in [-0.4, -0.2) is 19.6 Å². The molecule has 1 aliphatic rings. The number of benzene rings is 4. The molecule has 2 N–H and O–H groups in total. The Morgan fingerprint density at radius 2 is 1.43 bits per heavy atom. The molecule has 116 valence electrons. The van der Waals surface area contributed by atoms with Crippen LogP contribution in [0.15, 0.2) is 54.6 Å². The van der Waals surface area contributed by atoms with E-state index in [2.05, 4.69) is 65.2 Å². The molecule has 0 spiro atoms. The third-order valence-corrected chi connectivity index (χ3v) is 4.98. The minimum absolute atomic E-state index is 0. The predicted octanol–water partition coefficient (Wildman–Crippen LogP) is 4.24. The molecular weight excluding hydrogens is 304 g/mol. The van der Waals surface area contributed by atoms with E-state index < -0.39 is 0 Å². The zero-order valence-electron chi connectivity index (χ0n) is 12.8. The van der Waals surface area contributed by atoms with Gasteiger partial charge < -0.3 is 10.6 Å². The summed E-state index contributed by atoms with van der Waals surface area (Å²) in [5.74, 6) is 0. The quantitative estimate of drug-likeness (QED) is 0.512. The average Bonchev–Trinajstić information content (AvgIpc) is 2.60. The summed E-state index contributed by atoms with van der Waals surface area (Å²) in [4.78, 5) is 0. The lowest BCUT2D eigenvalue weighted by Crippen LogP contribution is -2.42. The first-order chi connectivity index (χ1) is 10.9. The number of rotatable bonds is 1. The van der Waals surface area contributed by atoms with E-state index in [4.69, 9.17) is 0 Å². The lowest BCUT2D eigenvalue weighted by molar-refractivity contribution is 0.432. The van der Waals surface area contributed by atoms with Gasteiger partial charge in [0.15, 0.2) is 0 Å². The molecule has 1 fully saturated rings. The van der Waals surface area contributed by atoms with Gasteiger partial charge in [0.1, 0.15) is 0 Å². The molecule has 1 saturated heterocycles. The van der Waals surface area contributed by atoms with Crippen molar-refractivity contribution in [2.45, 2.75) is 6.04 Å². The second kappa shape index (κ2) is 5.64. The summed E-state index contributed by atoms with van der Waals surface area (Å²) >= 11 is 0. The lowest BCUT2D eigenvalue weighted by atomic mass is 9.89. The van der Waals surface area contributed by atoms with Crippen LogP contribution in [-0.2, 0) is 0 Å². The molecule has 4 aromatic carbocycles. The Morgan fingerprint density at radius 1 is 0.739 bits per heavy atom. The van der Waals surface area contributed by atoms with Gasteiger partial charge in [-0.2, -0.15) is 0 Å². The molecule has 0 aliphatic carbocycles. The van der Waals surface area contributed by atoms with Gasteiger partial charge in [0, 0.05) is 25.7 Å². The van der Waals surface area contributed by atoms with Crippen LogP contribution in [0.25, 0.3) is 32.3 Å². The zero-order chi connectivity index (χ0) is 14.5. The van der Waals surface area contributed by atoms with Gasteiger partial charge in [-0.05, 0) is 37.9 Å². The highest BCUT2D eigenvalue weighted by Crippen LogP contribution is 2.37. The maximum Gasteiger partial charge on any atom is 0.0453 e. The maximum absolute atomic E-state index is 3.65. The molecule has 3 heteroatoms. The second-order valence-corrected chi connectivity index (χ2v) is 6.22. The first-order valence-corrected chi connectivity index (χ1v) is 8.02. The lowest BCUT2D eigenvalue weighted by Gasteiger charge is -2.26. The fourth-order valence-corrected chi connectivity index (χ4v) is 3.94. The topological polar surface area (TPSA) is 24.1 Å². The smallest absolute Gasteiger partial charge is 0.0453 e. The number of hydrogen-bond acceptors (Lipinski definition) is 2. The van der Waals surface area contributed by atoms with Crippen LogP contribution in [0.3, 0.4) is 0 Å². The van der Waals surface area contributed by atoms with Crippen molar-refractivity contribution in [3.8, 4) is 0 Å². The van der Waals surface area contributed by atoms with Gasteiger partial charge in [0.2, 0.25) is 0 Å². The molecule has 1 heterocycles. The molecule has 0 radical (unpaired) electrons. The summed E-state index contributed by atoms with van der Waals surface area (Å²) in [6.45, 7) is 3.10. The third-order valence-electron chi connectivity index (χ3n) is 4.98. The molecule has 2 nitrogen and oxygen atoms in total. The van der Waals surface area contributed by atoms with Crippen molar-refractivity contribution < 1.29 is 0 Å². The van der Waals surface area contributed by atoms with Crippen molar-refractivity contribution in [3.63, 3.8) is 0 Å². The van der Waals surface area contributed by atoms with Crippen LogP contribution in [0, 0.1) is 0 Å². The van der Waals surface area contributed by atoms with Gasteiger partial charge in [0.05, 0.1) is 0 Å². The maximum atomic E-state index is 3.65. The van der Waals surface area contributed by atoms with E-state index in [9.17, 15) is 0 Å². The SMILES string of the molecule is Cl.c1cc2ccc3ccc([C@H]4CNCCN4)c4ccc(c1)c2c34. The van der Waals surface area contributed by atoms with Crippen LogP contribution >= 0.6 is 12.4 Å². The highest BCUT2D eigenvalue weighted by Gasteiger charge is 2.18. The zero-order valence-corrected chi connectivity index (χ0v) is 13.6. The summed E-state index contributed by atoms with van der Waals surface area (Å²) in [5.41, 5.74) is 1.41. The van der Waals surface area contributed by atoms with Crippen LogP contribution in [0.5, 0.6) is 0 Å². The fraction of sp³-hybridized carbons (Fsp3) is 0.200. The van der Waals surface area contributed by atoms with E-state index in [0.717, 1.165) is 19.6 Å². The number of nitrogens with one attached hydrogen (secondary N) is 2. The fourth-order valence-electron chi connectivity index (χ4n) is 3.94. The molecule has 0 aromatic heterocycles. The minimum Gasteiger partial charge on any atom is -0.314 e. The van der Waals surface area contributed by atoms with Crippen molar-refractivity contribution in [1.82, 2.24) is 10.6 Å². The Kier molecular flexibility index (Phi) is 3.61. The normalized spacial score (nSPS) is 18.5. The van der Waals surface area contributed by atoms with Crippen molar-refractivity contribution in [3.05, 3.63) is 60.2 Å². The van der Waals surface area contributed by atoms with Crippen LogP contribution in [0.4, 0.5) is 0 Å². The summed E-state index contributed by atoms with van der Waals surface area (Å²) < 4.78 is 0. The van der Waals surface area contributed by atoms with Gasteiger partial charge in [-0.3, -0.25) is 0 Å². The Hall–Kier alpha value is -1.87. The van der Waals surface area contributed by atoms with Crippen LogP contribution in [0.2, 0.25) is 0 Å². The van der Waals surface area contributed by atoms with E-state index in [1.807, 2.05) is 0 Å². The van der Waals surface area contributed by atoms with Gasteiger partial charge >= 0.3 is 0 Å². The van der Waals surface area contributed by atoms with Gasteiger partial charge in [-0.25, -0.2) is 0 Å². The van der Waals surface area contributed by atoms with Crippen molar-refractivity contribution in [2.75, 3.05) is 19.6 Å². The van der Waals surface area contributed by atoms with Gasteiger partial charge in [-0.15, -0.1) is 12.4 Å². The molecule has 0 bridgehead atoms. The second-order valence-electron chi connectivity index (χ2n) is 6.22. The Bertz CT molecular complexity index is 957. The van der Waals surface area contributed by atoms with Gasteiger partial charge in [0.25, 0.3) is 0 Å². The molecule has 0 saturated carbocycles. The van der Waals surface area contributed by atoms with Crippen LogP contribution in [0.1, 0.15) is 11.6 Å². The standard InChI is InChI=1S/C20H18N2.ClH/c1-2-13-4-5-15-6-8-16(18-12-21-10-11-22-18)17-9-7-14(3-1)19(13)20(15)17;/h1-9,18,21-22H,10-12H2;1H/t18-;/m1./s1. The molecular formula is C20H19ClN2. The summed E-state index contributed by atoms with van der Waals surface area (Å²) in [6, 6.07) is 20.6. The third kappa shape index (κ3) is 2.18. The predicted molar refractivity (Wildman–Crippen MR) is 101 cm³/mol. The summed E-state index contributed by atoms with van der Waals surface area (Å²) in [5, 5.41) is 15.4. The van der Waals surface area contributed by atoms with Crippen LogP contribution < -0.4 is 10.6 Å². The Labute approximate surface area is 141 Å². The molecule has 1 aliphatic heterocycles. The van der Waals surface area contributed by atoms with Crippen molar-refractivity contribution in [1.29, 1.82) is 0 Å². The molecule has 4 aromatic rings. The van der Waals surface area contributed by atoms with E-state index in [0.29, 0.717) is 6.04 Å². The summed E-state index contributed by atoms with van der Waals surface area (Å²) in [7, 11) is 0. The first-order valence-electron chi connectivity index (χ1n) is 8.02. The molecule has 1 atom stereocenters. The number of halogens is 1. The molecule has 0 amide bonds. The van der Waals surface area contributed by atoms with E-state index in [1.165, 1.54) is 37.9 Å². The molecule has 23 heavy (non-hydrogen) atoms. The minimum atomic E-state index is 0. The largest absolute Gasteiger partial charge is 0.314 e.